The van der Waals surface area contributed by atoms with Crippen LogP contribution < -0.4 is 10.5 Å². The van der Waals surface area contributed by atoms with Crippen LogP contribution in [0.15, 0.2) is 36.7 Å². The molecule has 10 nitrogen and oxygen atoms in total. The SMILES string of the molecule is CC(C)Oc1nc(N)nc2c1ncn2[C@@H]1O[C@@H]2CO[P@](OCc3ccccc3)O[C@H]2[C@@]1(C)F. The quantitative estimate of drug-likeness (QED) is 0.531. The molecular formula is C21H25FN5O5P. The van der Waals surface area contributed by atoms with Gasteiger partial charge in [-0.15, -0.1) is 0 Å². The second kappa shape index (κ2) is 8.73. The van der Waals surface area contributed by atoms with Crippen LogP contribution >= 0.6 is 8.60 Å². The Morgan fingerprint density at radius 1 is 1.30 bits per heavy atom. The molecule has 2 saturated heterocycles. The lowest BCUT2D eigenvalue weighted by atomic mass is 9.98. The number of nitrogen functional groups attached to an aromatic ring is 1. The summed E-state index contributed by atoms with van der Waals surface area (Å²) < 4.78 is 46.7. The maximum Gasteiger partial charge on any atom is 0.333 e. The largest absolute Gasteiger partial charge is 0.473 e. The Balaban J connectivity index is 1.37. The number of nitrogens with zero attached hydrogens (tertiary/aromatic N) is 4. The molecule has 2 aliphatic heterocycles. The van der Waals surface area contributed by atoms with Gasteiger partial charge in [0.05, 0.1) is 25.6 Å². The van der Waals surface area contributed by atoms with Crippen molar-refractivity contribution in [3.8, 4) is 5.88 Å². The van der Waals surface area contributed by atoms with E-state index < -0.39 is 32.7 Å². The molecule has 0 saturated carbocycles. The van der Waals surface area contributed by atoms with Crippen molar-refractivity contribution in [2.45, 2.75) is 57.6 Å². The number of fused-ring (bicyclic) bond motifs is 2. The Morgan fingerprint density at radius 2 is 2.09 bits per heavy atom. The number of anilines is 1. The van der Waals surface area contributed by atoms with Crippen LogP contribution in [0.1, 0.15) is 32.6 Å². The van der Waals surface area contributed by atoms with Gasteiger partial charge < -0.3 is 28.8 Å². The van der Waals surface area contributed by atoms with Gasteiger partial charge in [0, 0.05) is 0 Å². The molecule has 2 N–H and O–H groups in total. The molecule has 176 valence electrons. The molecule has 0 bridgehead atoms. The number of halogens is 1. The first-order valence-electron chi connectivity index (χ1n) is 10.6. The van der Waals surface area contributed by atoms with Crippen LogP contribution in [0.4, 0.5) is 10.3 Å². The number of hydrogen-bond donors (Lipinski definition) is 1. The van der Waals surface area contributed by atoms with E-state index in [0.717, 1.165) is 5.56 Å². The van der Waals surface area contributed by atoms with E-state index in [1.807, 2.05) is 44.2 Å². The molecule has 0 unspecified atom stereocenters. The zero-order chi connectivity index (χ0) is 23.2. The molecule has 0 spiro atoms. The van der Waals surface area contributed by atoms with Gasteiger partial charge in [0.15, 0.2) is 23.1 Å². The molecule has 4 heterocycles. The van der Waals surface area contributed by atoms with Crippen molar-refractivity contribution in [3.05, 3.63) is 42.2 Å². The molecule has 2 aromatic heterocycles. The second-order valence-electron chi connectivity index (χ2n) is 8.36. The highest BCUT2D eigenvalue weighted by molar-refractivity contribution is 7.41. The summed E-state index contributed by atoms with van der Waals surface area (Å²) in [5.41, 5.74) is 5.61. The van der Waals surface area contributed by atoms with Crippen LogP contribution in [0, 0.1) is 0 Å². The molecule has 0 radical (unpaired) electrons. The highest BCUT2D eigenvalue weighted by Crippen LogP contribution is 2.55. The third kappa shape index (κ3) is 4.27. The Bertz CT molecular complexity index is 1130. The van der Waals surface area contributed by atoms with E-state index in [-0.39, 0.29) is 24.5 Å². The topological polar surface area (TPSA) is 116 Å². The third-order valence-corrected chi connectivity index (χ3v) is 6.51. The van der Waals surface area contributed by atoms with Gasteiger partial charge in [0.2, 0.25) is 11.8 Å². The molecule has 0 aliphatic carbocycles. The van der Waals surface area contributed by atoms with Crippen molar-refractivity contribution < 1.29 is 27.4 Å². The summed E-state index contributed by atoms with van der Waals surface area (Å²) in [7, 11) is -1.73. The van der Waals surface area contributed by atoms with Gasteiger partial charge in [-0.1, -0.05) is 30.3 Å². The molecule has 2 aliphatic rings. The molecule has 2 fully saturated rings. The average molecular weight is 477 g/mol. The fourth-order valence-corrected chi connectivity index (χ4v) is 5.17. The van der Waals surface area contributed by atoms with Crippen molar-refractivity contribution in [3.63, 3.8) is 0 Å². The Hall–Kier alpha value is -2.43. The number of imidazole rings is 1. The fraction of sp³-hybridized carbons (Fsp3) is 0.476. The molecule has 3 aromatic rings. The maximum absolute atomic E-state index is 16.1. The van der Waals surface area contributed by atoms with Crippen LogP contribution in [-0.4, -0.2) is 50.1 Å². The monoisotopic (exact) mass is 477 g/mol. The van der Waals surface area contributed by atoms with Crippen molar-refractivity contribution in [1.82, 2.24) is 19.5 Å². The molecular weight excluding hydrogens is 452 g/mol. The Kier molecular flexibility index (Phi) is 5.92. The van der Waals surface area contributed by atoms with Gasteiger partial charge in [-0.25, -0.2) is 9.37 Å². The average Bonchev–Trinajstić information content (AvgIpc) is 3.30. The first-order chi connectivity index (χ1) is 15.8. The molecule has 1 aromatic carbocycles. The van der Waals surface area contributed by atoms with Crippen LogP contribution in [0.3, 0.4) is 0 Å². The lowest BCUT2D eigenvalue weighted by molar-refractivity contribution is -0.0625. The number of nitrogens with two attached hydrogens (primary N) is 1. The van der Waals surface area contributed by atoms with E-state index in [1.165, 1.54) is 17.8 Å². The predicted octanol–water partition coefficient (Wildman–Crippen LogP) is 3.68. The minimum absolute atomic E-state index is 0.00621. The van der Waals surface area contributed by atoms with E-state index >= 15 is 4.39 Å². The van der Waals surface area contributed by atoms with E-state index in [2.05, 4.69) is 15.0 Å². The van der Waals surface area contributed by atoms with Gasteiger partial charge in [-0.05, 0) is 26.3 Å². The Morgan fingerprint density at radius 3 is 2.85 bits per heavy atom. The van der Waals surface area contributed by atoms with Crippen LogP contribution in [-0.2, 0) is 24.9 Å². The second-order valence-corrected chi connectivity index (χ2v) is 9.53. The van der Waals surface area contributed by atoms with Crippen molar-refractivity contribution >= 4 is 25.7 Å². The fourth-order valence-electron chi connectivity index (χ4n) is 3.92. The summed E-state index contributed by atoms with van der Waals surface area (Å²) in [5.74, 6) is 0.230. The van der Waals surface area contributed by atoms with Gasteiger partial charge >= 0.3 is 8.60 Å². The third-order valence-electron chi connectivity index (χ3n) is 5.41. The number of alkyl halides is 1. The molecule has 12 heteroatoms. The summed E-state index contributed by atoms with van der Waals surface area (Å²) in [6, 6.07) is 9.63. The number of aromatic nitrogens is 4. The zero-order valence-electron chi connectivity index (χ0n) is 18.4. The number of rotatable bonds is 6. The van der Waals surface area contributed by atoms with Gasteiger partial charge in [0.25, 0.3) is 0 Å². The first kappa shape index (κ1) is 22.4. The van der Waals surface area contributed by atoms with Gasteiger partial charge in [-0.3, -0.25) is 4.57 Å². The Labute approximate surface area is 191 Å². The van der Waals surface area contributed by atoms with Gasteiger partial charge in [-0.2, -0.15) is 9.97 Å². The predicted molar refractivity (Wildman–Crippen MR) is 118 cm³/mol. The van der Waals surface area contributed by atoms with Crippen LogP contribution in [0.5, 0.6) is 5.88 Å². The van der Waals surface area contributed by atoms with Crippen molar-refractivity contribution in [2.75, 3.05) is 12.3 Å². The molecule has 33 heavy (non-hydrogen) atoms. The number of benzene rings is 1. The molecule has 5 atom stereocenters. The number of hydrogen-bond acceptors (Lipinski definition) is 9. The van der Waals surface area contributed by atoms with Gasteiger partial charge in [0.1, 0.15) is 12.2 Å². The zero-order valence-corrected chi connectivity index (χ0v) is 19.3. The van der Waals surface area contributed by atoms with Crippen LogP contribution in [0.25, 0.3) is 11.2 Å². The summed E-state index contributed by atoms with van der Waals surface area (Å²) in [6.07, 6.45) is -1.27. The highest BCUT2D eigenvalue weighted by Gasteiger charge is 2.59. The minimum Gasteiger partial charge on any atom is -0.473 e. The van der Waals surface area contributed by atoms with Crippen molar-refractivity contribution in [2.24, 2.45) is 0 Å². The summed E-state index contributed by atoms with van der Waals surface area (Å²) in [4.78, 5) is 12.7. The van der Waals surface area contributed by atoms with Crippen molar-refractivity contribution in [1.29, 1.82) is 0 Å². The van der Waals surface area contributed by atoms with E-state index in [9.17, 15) is 0 Å². The normalized spacial score (nSPS) is 29.5. The van der Waals surface area contributed by atoms with E-state index in [1.54, 1.807) is 0 Å². The first-order valence-corrected chi connectivity index (χ1v) is 11.7. The summed E-state index contributed by atoms with van der Waals surface area (Å²) >= 11 is 0. The van der Waals surface area contributed by atoms with E-state index in [0.29, 0.717) is 17.8 Å². The number of ether oxygens (including phenoxy) is 2. The van der Waals surface area contributed by atoms with Crippen LogP contribution in [0.2, 0.25) is 0 Å². The lowest BCUT2D eigenvalue weighted by Gasteiger charge is -2.33. The highest BCUT2D eigenvalue weighted by atomic mass is 31.2. The lowest BCUT2D eigenvalue weighted by Crippen LogP contribution is -2.44. The summed E-state index contributed by atoms with van der Waals surface area (Å²) in [6.45, 7) is 5.60. The molecule has 0 amide bonds. The standard InChI is InChI=1S/C21H25FN5O5P/c1-12(2)30-18-15-17(25-20(23)26-18)27(11-24-15)19-21(3,22)16-14(31-19)10-29-33(32-16)28-9-13-7-5-4-6-8-13/h4-8,11-12,14,16,19H,9-10H2,1-3H3,(H2,23,25,26)/t14-,16-,19-,21-,33+/m1/s1. The maximum atomic E-state index is 16.1. The summed E-state index contributed by atoms with van der Waals surface area (Å²) in [5, 5.41) is 0. The van der Waals surface area contributed by atoms with E-state index in [4.69, 9.17) is 28.8 Å². The minimum atomic E-state index is -1.92. The molecule has 5 rings (SSSR count). The smallest absolute Gasteiger partial charge is 0.333 e.